The molecular weight excluding hydrogens is 256 g/mol. The van der Waals surface area contributed by atoms with Crippen molar-refractivity contribution < 1.29 is 4.79 Å². The summed E-state index contributed by atoms with van der Waals surface area (Å²) in [7, 11) is 0. The second-order valence-electron chi connectivity index (χ2n) is 5.54. The molecule has 3 aromatic carbocycles. The molecule has 0 saturated heterocycles. The molecule has 1 nitrogen and oxygen atoms in total. The van der Waals surface area contributed by atoms with Crippen LogP contribution < -0.4 is 0 Å². The lowest BCUT2D eigenvalue weighted by atomic mass is 9.96. The minimum Gasteiger partial charge on any atom is -0.294 e. The van der Waals surface area contributed by atoms with E-state index in [4.69, 9.17) is 0 Å². The Hall–Kier alpha value is -2.41. The van der Waals surface area contributed by atoms with Crippen LogP contribution in [-0.4, -0.2) is 5.78 Å². The number of benzene rings is 3. The van der Waals surface area contributed by atoms with Crippen molar-refractivity contribution in [3.05, 3.63) is 82.9 Å². The van der Waals surface area contributed by atoms with Gasteiger partial charge in [0.05, 0.1) is 0 Å². The summed E-state index contributed by atoms with van der Waals surface area (Å²) in [6, 6.07) is 20.3. The van der Waals surface area contributed by atoms with Gasteiger partial charge in [-0.2, -0.15) is 0 Å². The average Bonchev–Trinajstić information content (AvgIpc) is 2.50. The molecule has 0 unspecified atom stereocenters. The first kappa shape index (κ1) is 13.6. The molecule has 0 fully saturated rings. The van der Waals surface area contributed by atoms with Gasteiger partial charge in [-0.1, -0.05) is 54.6 Å². The Kier molecular flexibility index (Phi) is 3.57. The number of hydrogen-bond acceptors (Lipinski definition) is 1. The topological polar surface area (TPSA) is 17.1 Å². The summed E-state index contributed by atoms with van der Waals surface area (Å²) in [5.74, 6) is 0.175. The van der Waals surface area contributed by atoms with Crippen molar-refractivity contribution in [3.8, 4) is 0 Å². The summed E-state index contributed by atoms with van der Waals surface area (Å²) in [4.78, 5) is 12.5. The van der Waals surface area contributed by atoms with E-state index in [0.29, 0.717) is 6.42 Å². The van der Waals surface area contributed by atoms with E-state index in [-0.39, 0.29) is 5.78 Å². The largest absolute Gasteiger partial charge is 0.294 e. The van der Waals surface area contributed by atoms with Gasteiger partial charge in [0.2, 0.25) is 0 Å². The number of rotatable bonds is 3. The zero-order chi connectivity index (χ0) is 14.8. The first-order chi connectivity index (χ1) is 10.1. The standard InChI is InChI=1S/C20H18O/c1-14-10-11-18(12-15(14)2)20(21)13-17-8-5-7-16-6-3-4-9-19(16)17/h3-12H,13H2,1-2H3. The van der Waals surface area contributed by atoms with Gasteiger partial charge >= 0.3 is 0 Å². The zero-order valence-electron chi connectivity index (χ0n) is 12.4. The normalized spacial score (nSPS) is 10.8. The van der Waals surface area contributed by atoms with Gasteiger partial charge in [0.25, 0.3) is 0 Å². The predicted octanol–water partition coefficient (Wildman–Crippen LogP) is 4.88. The van der Waals surface area contributed by atoms with Crippen LogP contribution in [0.2, 0.25) is 0 Å². The van der Waals surface area contributed by atoms with Crippen LogP contribution in [0.3, 0.4) is 0 Å². The Morgan fingerprint density at radius 1 is 0.857 bits per heavy atom. The summed E-state index contributed by atoms with van der Waals surface area (Å²) in [5, 5.41) is 2.35. The lowest BCUT2D eigenvalue weighted by Crippen LogP contribution is -2.04. The van der Waals surface area contributed by atoms with Crippen molar-refractivity contribution >= 4 is 16.6 Å². The third-order valence-corrected chi connectivity index (χ3v) is 4.06. The number of carbonyl (C=O) groups is 1. The third kappa shape index (κ3) is 2.73. The van der Waals surface area contributed by atoms with E-state index in [1.807, 2.05) is 49.4 Å². The molecule has 0 saturated carbocycles. The highest BCUT2D eigenvalue weighted by molar-refractivity contribution is 6.00. The molecule has 0 aliphatic heterocycles. The molecule has 0 aromatic heterocycles. The SMILES string of the molecule is Cc1ccc(C(=O)Cc2cccc3ccccc23)cc1C. The fourth-order valence-corrected chi connectivity index (χ4v) is 2.64. The molecule has 0 amide bonds. The summed E-state index contributed by atoms with van der Waals surface area (Å²) in [6.07, 6.45) is 0.448. The van der Waals surface area contributed by atoms with Gasteiger partial charge in [0.15, 0.2) is 5.78 Å². The molecule has 0 bridgehead atoms. The van der Waals surface area contributed by atoms with Crippen molar-refractivity contribution in [1.29, 1.82) is 0 Å². The summed E-state index contributed by atoms with van der Waals surface area (Å²) >= 11 is 0. The molecule has 104 valence electrons. The average molecular weight is 274 g/mol. The number of hydrogen-bond donors (Lipinski definition) is 0. The highest BCUT2D eigenvalue weighted by atomic mass is 16.1. The van der Waals surface area contributed by atoms with E-state index in [1.54, 1.807) is 0 Å². The van der Waals surface area contributed by atoms with E-state index >= 15 is 0 Å². The second kappa shape index (κ2) is 5.53. The predicted molar refractivity (Wildman–Crippen MR) is 87.9 cm³/mol. The second-order valence-corrected chi connectivity index (χ2v) is 5.54. The van der Waals surface area contributed by atoms with Crippen LogP contribution in [0.5, 0.6) is 0 Å². The summed E-state index contributed by atoms with van der Waals surface area (Å²) in [6.45, 7) is 4.11. The van der Waals surface area contributed by atoms with Crippen molar-refractivity contribution in [2.45, 2.75) is 20.3 Å². The fraction of sp³-hybridized carbons (Fsp3) is 0.150. The molecule has 0 radical (unpaired) electrons. The number of Topliss-reactive ketones (excluding diaryl/α,β-unsaturated/α-hetero) is 1. The van der Waals surface area contributed by atoms with Crippen LogP contribution in [0.25, 0.3) is 10.8 Å². The summed E-state index contributed by atoms with van der Waals surface area (Å²) in [5.41, 5.74) is 4.28. The van der Waals surface area contributed by atoms with Gasteiger partial charge in [-0.15, -0.1) is 0 Å². The van der Waals surface area contributed by atoms with Gasteiger partial charge in [0, 0.05) is 12.0 Å². The number of aryl methyl sites for hydroxylation is 2. The lowest BCUT2D eigenvalue weighted by Gasteiger charge is -2.07. The number of carbonyl (C=O) groups excluding carboxylic acids is 1. The maximum Gasteiger partial charge on any atom is 0.167 e. The van der Waals surface area contributed by atoms with Crippen LogP contribution in [0.4, 0.5) is 0 Å². The smallest absolute Gasteiger partial charge is 0.167 e. The molecular formula is C20H18O. The maximum absolute atomic E-state index is 12.5. The van der Waals surface area contributed by atoms with Gasteiger partial charge in [-0.3, -0.25) is 4.79 Å². The van der Waals surface area contributed by atoms with Crippen LogP contribution >= 0.6 is 0 Å². The molecule has 3 rings (SSSR count). The van der Waals surface area contributed by atoms with Crippen molar-refractivity contribution in [3.63, 3.8) is 0 Å². The van der Waals surface area contributed by atoms with E-state index in [9.17, 15) is 4.79 Å². The van der Waals surface area contributed by atoms with Crippen LogP contribution in [-0.2, 0) is 6.42 Å². The molecule has 0 spiro atoms. The van der Waals surface area contributed by atoms with Gasteiger partial charge < -0.3 is 0 Å². The summed E-state index contributed by atoms with van der Waals surface area (Å²) < 4.78 is 0. The monoisotopic (exact) mass is 274 g/mol. The number of fused-ring (bicyclic) bond motifs is 1. The van der Waals surface area contributed by atoms with Crippen molar-refractivity contribution in [2.75, 3.05) is 0 Å². The van der Waals surface area contributed by atoms with Crippen molar-refractivity contribution in [2.24, 2.45) is 0 Å². The Balaban J connectivity index is 1.94. The molecule has 3 aromatic rings. The molecule has 0 aliphatic rings. The number of ketones is 1. The van der Waals surface area contributed by atoms with E-state index in [1.165, 1.54) is 16.5 Å². The van der Waals surface area contributed by atoms with E-state index < -0.39 is 0 Å². The highest BCUT2D eigenvalue weighted by Crippen LogP contribution is 2.20. The first-order valence-electron chi connectivity index (χ1n) is 7.22. The zero-order valence-corrected chi connectivity index (χ0v) is 12.4. The van der Waals surface area contributed by atoms with Gasteiger partial charge in [0.1, 0.15) is 0 Å². The Morgan fingerprint density at radius 3 is 2.43 bits per heavy atom. The minimum atomic E-state index is 0.175. The quantitative estimate of drug-likeness (QED) is 0.622. The Morgan fingerprint density at radius 2 is 1.62 bits per heavy atom. The molecule has 21 heavy (non-hydrogen) atoms. The van der Waals surface area contributed by atoms with Crippen LogP contribution in [0.1, 0.15) is 27.0 Å². The Bertz CT molecular complexity index is 810. The lowest BCUT2D eigenvalue weighted by molar-refractivity contribution is 0.0993. The molecule has 0 N–H and O–H groups in total. The van der Waals surface area contributed by atoms with E-state index in [0.717, 1.165) is 16.5 Å². The van der Waals surface area contributed by atoms with Gasteiger partial charge in [-0.05, 0) is 47.4 Å². The highest BCUT2D eigenvalue weighted by Gasteiger charge is 2.10. The van der Waals surface area contributed by atoms with Crippen molar-refractivity contribution in [1.82, 2.24) is 0 Å². The molecule has 0 aliphatic carbocycles. The Labute approximate surface area is 125 Å². The maximum atomic E-state index is 12.5. The minimum absolute atomic E-state index is 0.175. The first-order valence-corrected chi connectivity index (χ1v) is 7.22. The third-order valence-electron chi connectivity index (χ3n) is 4.06. The van der Waals surface area contributed by atoms with Gasteiger partial charge in [-0.25, -0.2) is 0 Å². The van der Waals surface area contributed by atoms with E-state index in [2.05, 4.69) is 25.1 Å². The fourth-order valence-electron chi connectivity index (χ4n) is 2.64. The van der Waals surface area contributed by atoms with Crippen LogP contribution in [0.15, 0.2) is 60.7 Å². The van der Waals surface area contributed by atoms with Crippen LogP contribution in [0, 0.1) is 13.8 Å². The molecule has 0 heterocycles. The molecule has 1 heteroatoms. The molecule has 0 atom stereocenters.